The fraction of sp³-hybridized carbons (Fsp3) is 0.100. The summed E-state index contributed by atoms with van der Waals surface area (Å²) in [4.78, 5) is 29.5. The van der Waals surface area contributed by atoms with Gasteiger partial charge in [0.05, 0.1) is 11.9 Å². The van der Waals surface area contributed by atoms with Crippen molar-refractivity contribution in [2.75, 3.05) is 5.32 Å². The number of aromatic nitrogens is 4. The smallest absolute Gasteiger partial charge is 0.354 e. The summed E-state index contributed by atoms with van der Waals surface area (Å²) < 4.78 is 1.37. The number of nitrogens with one attached hydrogen (secondary N) is 1. The molecule has 2 heterocycles. The molecule has 2 rings (SSSR count). The van der Waals surface area contributed by atoms with E-state index in [-0.39, 0.29) is 18.1 Å². The van der Waals surface area contributed by atoms with E-state index in [1.165, 1.54) is 35.7 Å². The average Bonchev–Trinajstić information content (AvgIpc) is 2.82. The van der Waals surface area contributed by atoms with E-state index in [0.717, 1.165) is 0 Å². The Balaban J connectivity index is 1.97. The molecular weight excluding hydrogens is 238 g/mol. The van der Waals surface area contributed by atoms with Crippen LogP contribution in [0.5, 0.6) is 0 Å². The number of carboxylic acids is 1. The summed E-state index contributed by atoms with van der Waals surface area (Å²) in [5.74, 6) is -1.42. The average molecular weight is 247 g/mol. The molecule has 0 radical (unpaired) electrons. The number of aromatic carboxylic acids is 1. The largest absolute Gasteiger partial charge is 0.477 e. The summed E-state index contributed by atoms with van der Waals surface area (Å²) in [6.07, 6.45) is 4.03. The van der Waals surface area contributed by atoms with Gasteiger partial charge in [-0.2, -0.15) is 5.10 Å². The van der Waals surface area contributed by atoms with Crippen LogP contribution in [0.3, 0.4) is 0 Å². The molecule has 0 aromatic carbocycles. The van der Waals surface area contributed by atoms with E-state index in [4.69, 9.17) is 5.11 Å². The summed E-state index contributed by atoms with van der Waals surface area (Å²) in [7, 11) is 0. The van der Waals surface area contributed by atoms with Crippen LogP contribution in [0.25, 0.3) is 0 Å². The first kappa shape index (κ1) is 11.7. The van der Waals surface area contributed by atoms with Gasteiger partial charge in [-0.3, -0.25) is 4.79 Å². The van der Waals surface area contributed by atoms with E-state index >= 15 is 0 Å². The second-order valence-corrected chi connectivity index (χ2v) is 3.38. The van der Waals surface area contributed by atoms with Gasteiger partial charge in [-0.1, -0.05) is 0 Å². The van der Waals surface area contributed by atoms with Gasteiger partial charge in [0.1, 0.15) is 24.9 Å². The van der Waals surface area contributed by atoms with Gasteiger partial charge in [-0.15, -0.1) is 0 Å². The van der Waals surface area contributed by atoms with Crippen LogP contribution in [0.15, 0.2) is 31.0 Å². The van der Waals surface area contributed by atoms with E-state index in [1.54, 1.807) is 0 Å². The number of anilines is 1. The quantitative estimate of drug-likeness (QED) is 0.787. The second-order valence-electron chi connectivity index (χ2n) is 3.38. The number of carboxylic acid groups (broad SMARTS) is 1. The number of hydrogen-bond acceptors (Lipinski definition) is 5. The Morgan fingerprint density at radius 2 is 2.22 bits per heavy atom. The Morgan fingerprint density at radius 3 is 2.78 bits per heavy atom. The Bertz CT molecular complexity index is 549. The number of nitrogens with zero attached hydrogens (tertiary/aromatic N) is 4. The van der Waals surface area contributed by atoms with Gasteiger partial charge >= 0.3 is 5.97 Å². The lowest BCUT2D eigenvalue weighted by Crippen LogP contribution is -2.19. The minimum Gasteiger partial charge on any atom is -0.477 e. The lowest BCUT2D eigenvalue weighted by molar-refractivity contribution is -0.116. The summed E-state index contributed by atoms with van der Waals surface area (Å²) >= 11 is 0. The maximum absolute atomic E-state index is 11.6. The SMILES string of the molecule is O=C(Cn1cncn1)Nc1ccc(C(=O)O)nc1. The van der Waals surface area contributed by atoms with Crippen LogP contribution >= 0.6 is 0 Å². The van der Waals surface area contributed by atoms with Crippen LogP contribution in [-0.2, 0) is 11.3 Å². The first-order valence-corrected chi connectivity index (χ1v) is 4.97. The lowest BCUT2D eigenvalue weighted by atomic mass is 10.3. The molecule has 0 aliphatic rings. The molecule has 1 amide bonds. The van der Waals surface area contributed by atoms with Gasteiger partial charge in [-0.05, 0) is 12.1 Å². The van der Waals surface area contributed by atoms with Gasteiger partial charge in [-0.25, -0.2) is 19.4 Å². The fourth-order valence-corrected chi connectivity index (χ4v) is 1.26. The topological polar surface area (TPSA) is 110 Å². The molecule has 0 spiro atoms. The van der Waals surface area contributed by atoms with Crippen molar-refractivity contribution >= 4 is 17.6 Å². The molecule has 0 unspecified atom stereocenters. The molecule has 0 saturated carbocycles. The second kappa shape index (κ2) is 5.04. The van der Waals surface area contributed by atoms with Crippen molar-refractivity contribution in [1.29, 1.82) is 0 Å². The molecule has 2 N–H and O–H groups in total. The maximum atomic E-state index is 11.6. The summed E-state index contributed by atoms with van der Waals surface area (Å²) in [6, 6.07) is 2.78. The third-order valence-electron chi connectivity index (χ3n) is 2.04. The molecule has 0 aliphatic heterocycles. The third-order valence-corrected chi connectivity index (χ3v) is 2.04. The van der Waals surface area contributed by atoms with Crippen LogP contribution in [0.1, 0.15) is 10.5 Å². The van der Waals surface area contributed by atoms with Gasteiger partial charge < -0.3 is 10.4 Å². The Labute approximate surface area is 101 Å². The molecule has 0 aliphatic carbocycles. The minimum absolute atomic E-state index is 0.0285. The number of carbonyl (C=O) groups is 2. The number of pyridine rings is 1. The van der Waals surface area contributed by atoms with E-state index in [0.29, 0.717) is 5.69 Å². The minimum atomic E-state index is -1.12. The van der Waals surface area contributed by atoms with Gasteiger partial charge in [0, 0.05) is 0 Å². The van der Waals surface area contributed by atoms with E-state index in [2.05, 4.69) is 20.4 Å². The van der Waals surface area contributed by atoms with Crippen molar-refractivity contribution in [1.82, 2.24) is 19.7 Å². The summed E-state index contributed by atoms with van der Waals surface area (Å²) in [5, 5.41) is 15.0. The molecule has 0 fully saturated rings. The van der Waals surface area contributed by atoms with Crippen molar-refractivity contribution in [3.8, 4) is 0 Å². The zero-order valence-electron chi connectivity index (χ0n) is 9.15. The van der Waals surface area contributed by atoms with E-state index in [1.807, 2.05) is 0 Å². The van der Waals surface area contributed by atoms with Crippen molar-refractivity contribution in [2.45, 2.75) is 6.54 Å². The molecule has 92 valence electrons. The van der Waals surface area contributed by atoms with Crippen molar-refractivity contribution in [2.24, 2.45) is 0 Å². The lowest BCUT2D eigenvalue weighted by Gasteiger charge is -2.04. The molecule has 2 aromatic heterocycles. The highest BCUT2D eigenvalue weighted by molar-refractivity contribution is 5.91. The molecule has 18 heavy (non-hydrogen) atoms. The monoisotopic (exact) mass is 247 g/mol. The molecule has 0 bridgehead atoms. The molecular formula is C10H9N5O3. The van der Waals surface area contributed by atoms with Gasteiger partial charge in [0.2, 0.25) is 5.91 Å². The van der Waals surface area contributed by atoms with Crippen LogP contribution < -0.4 is 5.32 Å². The Kier molecular flexibility index (Phi) is 3.28. The van der Waals surface area contributed by atoms with Crippen LogP contribution in [-0.4, -0.2) is 36.7 Å². The van der Waals surface area contributed by atoms with Gasteiger partial charge in [0.25, 0.3) is 0 Å². The van der Waals surface area contributed by atoms with E-state index < -0.39 is 5.97 Å². The summed E-state index contributed by atoms with van der Waals surface area (Å²) in [6.45, 7) is 0.0285. The number of carbonyl (C=O) groups excluding carboxylic acids is 1. The normalized spacial score (nSPS) is 10.0. The standard InChI is InChI=1S/C10H9N5O3/c16-9(4-15-6-11-5-13-15)14-7-1-2-8(10(17)18)12-3-7/h1-3,5-6H,4H2,(H,14,16)(H,17,18). The van der Waals surface area contributed by atoms with Crippen LogP contribution in [0.2, 0.25) is 0 Å². The molecule has 2 aromatic rings. The van der Waals surface area contributed by atoms with Crippen molar-refractivity contribution < 1.29 is 14.7 Å². The highest BCUT2D eigenvalue weighted by Crippen LogP contribution is 2.06. The predicted octanol–water partition coefficient (Wildman–Crippen LogP) is 0.01000. The number of amides is 1. The third kappa shape index (κ3) is 2.88. The molecule has 8 nitrogen and oxygen atoms in total. The van der Waals surface area contributed by atoms with Crippen LogP contribution in [0, 0.1) is 0 Å². The number of hydrogen-bond donors (Lipinski definition) is 2. The molecule has 0 saturated heterocycles. The van der Waals surface area contributed by atoms with Crippen molar-refractivity contribution in [3.05, 3.63) is 36.7 Å². The van der Waals surface area contributed by atoms with Crippen LogP contribution in [0.4, 0.5) is 5.69 Å². The summed E-state index contributed by atoms with van der Waals surface area (Å²) in [5.41, 5.74) is 0.342. The highest BCUT2D eigenvalue weighted by atomic mass is 16.4. The fourth-order valence-electron chi connectivity index (χ4n) is 1.26. The maximum Gasteiger partial charge on any atom is 0.354 e. The molecule has 0 atom stereocenters. The Hall–Kier alpha value is -2.77. The highest BCUT2D eigenvalue weighted by Gasteiger charge is 2.06. The van der Waals surface area contributed by atoms with Gasteiger partial charge in [0.15, 0.2) is 0 Å². The first-order valence-electron chi connectivity index (χ1n) is 4.97. The van der Waals surface area contributed by atoms with Crippen molar-refractivity contribution in [3.63, 3.8) is 0 Å². The first-order chi connectivity index (χ1) is 8.65. The predicted molar refractivity (Wildman–Crippen MR) is 59.8 cm³/mol. The Morgan fingerprint density at radius 1 is 1.39 bits per heavy atom. The zero-order chi connectivity index (χ0) is 13.0. The zero-order valence-corrected chi connectivity index (χ0v) is 9.15. The molecule has 8 heteroatoms. The number of rotatable bonds is 4. The van der Waals surface area contributed by atoms with E-state index in [9.17, 15) is 9.59 Å².